The van der Waals surface area contributed by atoms with E-state index in [0.29, 0.717) is 0 Å². The molecular formula is C16H18FN3O. The summed E-state index contributed by atoms with van der Waals surface area (Å²) in [5.41, 5.74) is 1.64. The maximum absolute atomic E-state index is 12.9. The van der Waals surface area contributed by atoms with Crippen molar-refractivity contribution < 1.29 is 9.18 Å². The van der Waals surface area contributed by atoms with Crippen molar-refractivity contribution in [1.82, 2.24) is 15.6 Å². The molecule has 2 N–H and O–H groups in total. The van der Waals surface area contributed by atoms with Crippen LogP contribution in [0, 0.1) is 5.82 Å². The molecule has 1 heterocycles. The Labute approximate surface area is 123 Å². The number of hydrogen-bond donors (Lipinski definition) is 2. The van der Waals surface area contributed by atoms with Crippen LogP contribution in [0.25, 0.3) is 0 Å². The van der Waals surface area contributed by atoms with Crippen LogP contribution in [0.15, 0.2) is 48.7 Å². The van der Waals surface area contributed by atoms with Gasteiger partial charge >= 0.3 is 6.03 Å². The summed E-state index contributed by atoms with van der Waals surface area (Å²) in [4.78, 5) is 16.1. The Kier molecular flexibility index (Phi) is 4.87. The molecule has 0 aliphatic heterocycles. The summed E-state index contributed by atoms with van der Waals surface area (Å²) in [7, 11) is 0. The first-order chi connectivity index (χ1) is 10.1. The first-order valence-corrected chi connectivity index (χ1v) is 6.79. The second-order valence-electron chi connectivity index (χ2n) is 4.87. The van der Waals surface area contributed by atoms with Crippen molar-refractivity contribution in [3.63, 3.8) is 0 Å². The van der Waals surface area contributed by atoms with E-state index in [1.807, 2.05) is 32.0 Å². The van der Waals surface area contributed by atoms with Crippen molar-refractivity contribution in [1.29, 1.82) is 0 Å². The molecule has 21 heavy (non-hydrogen) atoms. The molecule has 0 fully saturated rings. The number of rotatable bonds is 4. The average Bonchev–Trinajstić information content (AvgIpc) is 2.48. The molecule has 1 aromatic carbocycles. The molecule has 2 amide bonds. The lowest BCUT2D eigenvalue weighted by Gasteiger charge is -2.18. The van der Waals surface area contributed by atoms with Crippen molar-refractivity contribution in [2.75, 3.05) is 0 Å². The van der Waals surface area contributed by atoms with Crippen LogP contribution in [0.1, 0.15) is 37.2 Å². The summed E-state index contributed by atoms with van der Waals surface area (Å²) in [6.07, 6.45) is 1.69. The highest BCUT2D eigenvalue weighted by atomic mass is 19.1. The highest BCUT2D eigenvalue weighted by Crippen LogP contribution is 2.13. The van der Waals surface area contributed by atoms with Gasteiger partial charge in [-0.15, -0.1) is 0 Å². The van der Waals surface area contributed by atoms with Gasteiger partial charge in [-0.2, -0.15) is 0 Å². The Morgan fingerprint density at radius 2 is 1.71 bits per heavy atom. The summed E-state index contributed by atoms with van der Waals surface area (Å²) < 4.78 is 12.9. The van der Waals surface area contributed by atoms with E-state index in [-0.39, 0.29) is 23.9 Å². The van der Waals surface area contributed by atoms with Gasteiger partial charge in [0.25, 0.3) is 0 Å². The van der Waals surface area contributed by atoms with Crippen LogP contribution in [0.4, 0.5) is 9.18 Å². The summed E-state index contributed by atoms with van der Waals surface area (Å²) >= 11 is 0. The van der Waals surface area contributed by atoms with Gasteiger partial charge in [-0.3, -0.25) is 4.98 Å². The van der Waals surface area contributed by atoms with Crippen LogP contribution >= 0.6 is 0 Å². The number of nitrogens with zero attached hydrogens (tertiary/aromatic N) is 1. The van der Waals surface area contributed by atoms with E-state index >= 15 is 0 Å². The number of pyridine rings is 1. The van der Waals surface area contributed by atoms with Gasteiger partial charge in [0.1, 0.15) is 5.82 Å². The molecule has 0 saturated heterocycles. The third-order valence-corrected chi connectivity index (χ3v) is 3.20. The molecule has 1 aromatic heterocycles. The Hall–Kier alpha value is -2.43. The maximum atomic E-state index is 12.9. The minimum absolute atomic E-state index is 0.188. The van der Waals surface area contributed by atoms with Crippen LogP contribution in [0.3, 0.4) is 0 Å². The fourth-order valence-electron chi connectivity index (χ4n) is 1.98. The van der Waals surface area contributed by atoms with Crippen LogP contribution in [0.5, 0.6) is 0 Å². The van der Waals surface area contributed by atoms with Gasteiger partial charge in [0, 0.05) is 6.20 Å². The van der Waals surface area contributed by atoms with Crippen molar-refractivity contribution in [2.24, 2.45) is 0 Å². The number of urea groups is 1. The zero-order valence-corrected chi connectivity index (χ0v) is 12.0. The maximum Gasteiger partial charge on any atom is 0.315 e. The van der Waals surface area contributed by atoms with E-state index in [9.17, 15) is 9.18 Å². The first kappa shape index (κ1) is 15.0. The van der Waals surface area contributed by atoms with Crippen LogP contribution in [0.2, 0.25) is 0 Å². The van der Waals surface area contributed by atoms with E-state index < -0.39 is 0 Å². The van der Waals surface area contributed by atoms with Gasteiger partial charge in [-0.1, -0.05) is 18.2 Å². The van der Waals surface area contributed by atoms with E-state index in [1.54, 1.807) is 18.3 Å². The van der Waals surface area contributed by atoms with Crippen LogP contribution < -0.4 is 10.6 Å². The Morgan fingerprint density at radius 1 is 1.05 bits per heavy atom. The molecule has 2 aromatic rings. The molecule has 2 atom stereocenters. The number of carbonyl (C=O) groups is 1. The highest BCUT2D eigenvalue weighted by Gasteiger charge is 2.13. The molecule has 0 saturated carbocycles. The minimum atomic E-state index is -0.292. The molecule has 0 radical (unpaired) electrons. The fourth-order valence-corrected chi connectivity index (χ4v) is 1.98. The molecule has 0 unspecified atom stereocenters. The van der Waals surface area contributed by atoms with Gasteiger partial charge in [0.15, 0.2) is 0 Å². The lowest BCUT2D eigenvalue weighted by Crippen LogP contribution is -2.38. The second kappa shape index (κ2) is 6.83. The summed E-state index contributed by atoms with van der Waals surface area (Å²) in [6, 6.07) is 10.9. The zero-order chi connectivity index (χ0) is 15.2. The number of carbonyl (C=O) groups excluding carboxylic acids is 1. The first-order valence-electron chi connectivity index (χ1n) is 6.79. The fraction of sp³-hybridized carbons (Fsp3) is 0.250. The summed E-state index contributed by atoms with van der Waals surface area (Å²) in [5, 5.41) is 5.64. The standard InChI is InChI=1S/C16H18FN3O/c1-11(13-6-8-14(17)9-7-13)19-16(21)20-12(2)15-5-3-4-10-18-15/h3-12H,1-2H3,(H2,19,20,21)/t11-,12+/m1/s1. The lowest BCUT2D eigenvalue weighted by atomic mass is 10.1. The molecule has 110 valence electrons. The Morgan fingerprint density at radius 3 is 2.33 bits per heavy atom. The predicted molar refractivity (Wildman–Crippen MR) is 79.1 cm³/mol. The molecular weight excluding hydrogens is 269 g/mol. The second-order valence-corrected chi connectivity index (χ2v) is 4.87. The number of halogens is 1. The largest absolute Gasteiger partial charge is 0.332 e. The van der Waals surface area contributed by atoms with E-state index in [0.717, 1.165) is 11.3 Å². The van der Waals surface area contributed by atoms with Crippen molar-refractivity contribution in [3.8, 4) is 0 Å². The van der Waals surface area contributed by atoms with Crippen molar-refractivity contribution in [3.05, 3.63) is 65.7 Å². The van der Waals surface area contributed by atoms with Gasteiger partial charge < -0.3 is 10.6 Å². The average molecular weight is 287 g/mol. The van der Waals surface area contributed by atoms with Gasteiger partial charge in [0.2, 0.25) is 0 Å². The molecule has 2 rings (SSSR count). The number of benzene rings is 1. The monoisotopic (exact) mass is 287 g/mol. The summed E-state index contributed by atoms with van der Waals surface area (Å²) in [5.74, 6) is -0.292. The molecule has 0 spiro atoms. The smallest absolute Gasteiger partial charge is 0.315 e. The molecule has 0 aliphatic rings. The van der Waals surface area contributed by atoms with Gasteiger partial charge in [-0.05, 0) is 43.7 Å². The molecule has 4 nitrogen and oxygen atoms in total. The summed E-state index contributed by atoms with van der Waals surface area (Å²) in [6.45, 7) is 3.71. The topological polar surface area (TPSA) is 54.0 Å². The van der Waals surface area contributed by atoms with Crippen LogP contribution in [-0.2, 0) is 0 Å². The highest BCUT2D eigenvalue weighted by molar-refractivity contribution is 5.74. The third kappa shape index (κ3) is 4.27. The Balaban J connectivity index is 1.91. The number of aromatic nitrogens is 1. The normalized spacial score (nSPS) is 13.3. The quantitative estimate of drug-likeness (QED) is 0.906. The number of amides is 2. The predicted octanol–water partition coefficient (Wildman–Crippen LogP) is 3.34. The van der Waals surface area contributed by atoms with Gasteiger partial charge in [-0.25, -0.2) is 9.18 Å². The minimum Gasteiger partial charge on any atom is -0.332 e. The number of hydrogen-bond acceptors (Lipinski definition) is 2. The van der Waals surface area contributed by atoms with Crippen LogP contribution in [-0.4, -0.2) is 11.0 Å². The van der Waals surface area contributed by atoms with Gasteiger partial charge in [0.05, 0.1) is 17.8 Å². The molecule has 0 aliphatic carbocycles. The van der Waals surface area contributed by atoms with Crippen molar-refractivity contribution in [2.45, 2.75) is 25.9 Å². The number of nitrogens with one attached hydrogen (secondary N) is 2. The van der Waals surface area contributed by atoms with Crippen molar-refractivity contribution >= 4 is 6.03 Å². The van der Waals surface area contributed by atoms with E-state index in [2.05, 4.69) is 15.6 Å². The van der Waals surface area contributed by atoms with E-state index in [1.165, 1.54) is 12.1 Å². The molecule has 5 heteroatoms. The Bertz CT molecular complexity index is 586. The third-order valence-electron chi connectivity index (χ3n) is 3.20. The zero-order valence-electron chi connectivity index (χ0n) is 12.0. The lowest BCUT2D eigenvalue weighted by molar-refractivity contribution is 0.234. The SMILES string of the molecule is C[C@H](NC(=O)N[C@H](C)c1ccc(F)cc1)c1ccccn1. The van der Waals surface area contributed by atoms with E-state index in [4.69, 9.17) is 0 Å². The molecule has 0 bridgehead atoms.